The van der Waals surface area contributed by atoms with Gasteiger partial charge in [0.1, 0.15) is 17.3 Å². The highest BCUT2D eigenvalue weighted by Crippen LogP contribution is 2.33. The van der Waals surface area contributed by atoms with Crippen molar-refractivity contribution in [3.05, 3.63) is 41.5 Å². The molecule has 2 aliphatic rings. The number of amides is 1. The smallest absolute Gasteiger partial charge is 0.257 e. The van der Waals surface area contributed by atoms with Crippen LogP contribution in [-0.2, 0) is 4.74 Å². The summed E-state index contributed by atoms with van der Waals surface area (Å²) in [6.45, 7) is 5.21. The van der Waals surface area contributed by atoms with E-state index in [0.29, 0.717) is 29.0 Å². The van der Waals surface area contributed by atoms with Gasteiger partial charge in [-0.2, -0.15) is 0 Å². The van der Waals surface area contributed by atoms with Crippen LogP contribution in [0.2, 0.25) is 0 Å². The molecule has 0 saturated carbocycles. The van der Waals surface area contributed by atoms with Gasteiger partial charge in [0.2, 0.25) is 0 Å². The Morgan fingerprint density at radius 2 is 1.83 bits per heavy atom. The van der Waals surface area contributed by atoms with E-state index in [4.69, 9.17) is 19.2 Å². The van der Waals surface area contributed by atoms with Crippen molar-refractivity contribution in [3.63, 3.8) is 0 Å². The summed E-state index contributed by atoms with van der Waals surface area (Å²) in [5, 5.41) is 0. The lowest BCUT2D eigenvalue weighted by Gasteiger charge is -2.35. The molecule has 1 amide bonds. The molecule has 2 fully saturated rings. The molecular formula is C23H31N3O4. The van der Waals surface area contributed by atoms with Crippen molar-refractivity contribution in [3.8, 4) is 11.5 Å². The van der Waals surface area contributed by atoms with E-state index in [-0.39, 0.29) is 5.91 Å². The molecule has 2 saturated heterocycles. The van der Waals surface area contributed by atoms with Gasteiger partial charge in [-0.1, -0.05) is 0 Å². The summed E-state index contributed by atoms with van der Waals surface area (Å²) in [5.74, 6) is 2.90. The molecule has 7 nitrogen and oxygen atoms in total. The molecular weight excluding hydrogens is 382 g/mol. The number of nitrogens with zero attached hydrogens (tertiary/aromatic N) is 3. The van der Waals surface area contributed by atoms with Crippen molar-refractivity contribution in [2.24, 2.45) is 0 Å². The molecule has 30 heavy (non-hydrogen) atoms. The van der Waals surface area contributed by atoms with Gasteiger partial charge in [-0.15, -0.1) is 0 Å². The molecule has 162 valence electrons. The first-order chi connectivity index (χ1) is 14.6. The maximum Gasteiger partial charge on any atom is 0.257 e. The van der Waals surface area contributed by atoms with E-state index in [1.54, 1.807) is 32.4 Å². The molecule has 0 unspecified atom stereocenters. The number of methoxy groups -OCH3 is 2. The minimum atomic E-state index is 0.0139. The van der Waals surface area contributed by atoms with Gasteiger partial charge in [-0.25, -0.2) is 4.98 Å². The number of rotatable bonds is 5. The SMILES string of the molecule is COc1ccc(C(=O)N2CCC(n3c(C)cnc3C3CCOCC3)CC2)c(OC)c1. The number of imidazole rings is 1. The summed E-state index contributed by atoms with van der Waals surface area (Å²) in [6.07, 6.45) is 5.91. The Hall–Kier alpha value is -2.54. The zero-order valence-corrected chi connectivity index (χ0v) is 18.1. The van der Waals surface area contributed by atoms with Crippen molar-refractivity contribution < 1.29 is 19.0 Å². The largest absolute Gasteiger partial charge is 0.497 e. The highest BCUT2D eigenvalue weighted by atomic mass is 16.5. The quantitative estimate of drug-likeness (QED) is 0.750. The van der Waals surface area contributed by atoms with Gasteiger partial charge < -0.3 is 23.7 Å². The highest BCUT2D eigenvalue weighted by Gasteiger charge is 2.30. The molecule has 0 spiro atoms. The molecule has 4 rings (SSSR count). The van der Waals surface area contributed by atoms with E-state index >= 15 is 0 Å². The van der Waals surface area contributed by atoms with Gasteiger partial charge >= 0.3 is 0 Å². The molecule has 0 atom stereocenters. The summed E-state index contributed by atoms with van der Waals surface area (Å²) in [4.78, 5) is 19.8. The average molecular weight is 414 g/mol. The van der Waals surface area contributed by atoms with Crippen LogP contribution in [0.25, 0.3) is 0 Å². The van der Waals surface area contributed by atoms with Crippen molar-refractivity contribution in [1.29, 1.82) is 0 Å². The first kappa shape index (κ1) is 20.7. The van der Waals surface area contributed by atoms with Gasteiger partial charge in [0, 0.05) is 56.2 Å². The third-order valence-electron chi connectivity index (χ3n) is 6.35. The molecule has 3 heterocycles. The molecule has 7 heteroatoms. The lowest BCUT2D eigenvalue weighted by atomic mass is 9.97. The Morgan fingerprint density at radius 3 is 2.50 bits per heavy atom. The molecule has 1 aromatic carbocycles. The standard InChI is InChI=1S/C23H31N3O4/c1-16-15-24-22(17-8-12-30-13-9-17)26(16)18-6-10-25(11-7-18)23(27)20-5-4-19(28-2)14-21(20)29-3/h4-5,14-15,17-18H,6-13H2,1-3H3. The van der Waals surface area contributed by atoms with E-state index in [9.17, 15) is 4.79 Å². The topological polar surface area (TPSA) is 65.8 Å². The van der Waals surface area contributed by atoms with Crippen LogP contribution >= 0.6 is 0 Å². The van der Waals surface area contributed by atoms with Crippen LogP contribution in [0.3, 0.4) is 0 Å². The second-order valence-corrected chi connectivity index (χ2v) is 8.10. The van der Waals surface area contributed by atoms with E-state index in [1.807, 2.05) is 11.1 Å². The minimum Gasteiger partial charge on any atom is -0.497 e. The first-order valence-electron chi connectivity index (χ1n) is 10.7. The van der Waals surface area contributed by atoms with E-state index in [1.165, 1.54) is 11.5 Å². The summed E-state index contributed by atoms with van der Waals surface area (Å²) < 4.78 is 18.6. The first-order valence-corrected chi connectivity index (χ1v) is 10.7. The van der Waals surface area contributed by atoms with Crippen LogP contribution in [0.15, 0.2) is 24.4 Å². The van der Waals surface area contributed by atoms with Gasteiger partial charge in [0.15, 0.2) is 0 Å². The molecule has 2 aromatic rings. The molecule has 1 aromatic heterocycles. The number of piperidine rings is 1. The molecule has 0 bridgehead atoms. The van der Waals surface area contributed by atoms with Crippen molar-refractivity contribution in [2.45, 2.75) is 44.6 Å². The number of ether oxygens (including phenoxy) is 3. The highest BCUT2D eigenvalue weighted by molar-refractivity contribution is 5.97. The van der Waals surface area contributed by atoms with E-state index in [2.05, 4.69) is 11.5 Å². The fourth-order valence-electron chi connectivity index (χ4n) is 4.67. The Bertz CT molecular complexity index is 881. The van der Waals surface area contributed by atoms with Crippen LogP contribution in [0.5, 0.6) is 11.5 Å². The summed E-state index contributed by atoms with van der Waals surface area (Å²) in [7, 11) is 3.19. The second-order valence-electron chi connectivity index (χ2n) is 8.10. The summed E-state index contributed by atoms with van der Waals surface area (Å²) in [5.41, 5.74) is 1.79. The lowest BCUT2D eigenvalue weighted by Crippen LogP contribution is -2.39. The summed E-state index contributed by atoms with van der Waals surface area (Å²) in [6, 6.07) is 5.73. The van der Waals surface area contributed by atoms with Crippen LogP contribution in [0.4, 0.5) is 0 Å². The Labute approximate surface area is 177 Å². The predicted octanol–water partition coefficient (Wildman–Crippen LogP) is 3.58. The molecule has 0 aliphatic carbocycles. The molecule has 2 aliphatic heterocycles. The van der Waals surface area contributed by atoms with Crippen LogP contribution < -0.4 is 9.47 Å². The average Bonchev–Trinajstić information content (AvgIpc) is 3.20. The van der Waals surface area contributed by atoms with Crippen molar-refractivity contribution in [2.75, 3.05) is 40.5 Å². The Morgan fingerprint density at radius 1 is 1.10 bits per heavy atom. The van der Waals surface area contributed by atoms with Crippen LogP contribution in [-0.4, -0.2) is 60.9 Å². The van der Waals surface area contributed by atoms with Gasteiger partial charge in [-0.3, -0.25) is 4.79 Å². The number of likely N-dealkylation sites (tertiary alicyclic amines) is 1. The number of benzene rings is 1. The number of hydrogen-bond donors (Lipinski definition) is 0. The Balaban J connectivity index is 1.46. The lowest BCUT2D eigenvalue weighted by molar-refractivity contribution is 0.0680. The number of carbonyl (C=O) groups is 1. The predicted molar refractivity (Wildman–Crippen MR) is 113 cm³/mol. The van der Waals surface area contributed by atoms with Gasteiger partial charge in [0.25, 0.3) is 5.91 Å². The van der Waals surface area contributed by atoms with Crippen molar-refractivity contribution in [1.82, 2.24) is 14.5 Å². The number of carbonyl (C=O) groups excluding carboxylic acids is 1. The molecule has 0 N–H and O–H groups in total. The number of hydrogen-bond acceptors (Lipinski definition) is 5. The summed E-state index contributed by atoms with van der Waals surface area (Å²) >= 11 is 0. The van der Waals surface area contributed by atoms with Crippen LogP contribution in [0.1, 0.15) is 59.5 Å². The Kier molecular flexibility index (Phi) is 6.27. The van der Waals surface area contributed by atoms with Crippen LogP contribution in [0, 0.1) is 6.92 Å². The van der Waals surface area contributed by atoms with E-state index < -0.39 is 0 Å². The number of aromatic nitrogens is 2. The third-order valence-corrected chi connectivity index (χ3v) is 6.35. The maximum absolute atomic E-state index is 13.1. The zero-order chi connectivity index (χ0) is 21.1. The third kappa shape index (κ3) is 4.03. The monoisotopic (exact) mass is 413 g/mol. The number of aryl methyl sites for hydroxylation is 1. The van der Waals surface area contributed by atoms with Gasteiger partial charge in [-0.05, 0) is 44.7 Å². The zero-order valence-electron chi connectivity index (χ0n) is 18.1. The van der Waals surface area contributed by atoms with E-state index in [0.717, 1.165) is 52.0 Å². The fourth-order valence-corrected chi connectivity index (χ4v) is 4.67. The second kappa shape index (κ2) is 9.08. The minimum absolute atomic E-state index is 0.0139. The van der Waals surface area contributed by atoms with Crippen molar-refractivity contribution >= 4 is 5.91 Å². The van der Waals surface area contributed by atoms with Gasteiger partial charge in [0.05, 0.1) is 19.8 Å². The fraction of sp³-hybridized carbons (Fsp3) is 0.565. The maximum atomic E-state index is 13.1. The molecule has 0 radical (unpaired) electrons. The normalized spacial score (nSPS) is 18.4.